The number of hydrogen-bond acceptors (Lipinski definition) is 8. The van der Waals surface area contributed by atoms with Gasteiger partial charge in [-0.15, -0.1) is 0 Å². The molecule has 0 aromatic heterocycles. The maximum Gasteiger partial charge on any atom is 0.412 e. The molecule has 0 spiro atoms. The third-order valence-corrected chi connectivity index (χ3v) is 4.90. The van der Waals surface area contributed by atoms with Crippen LogP contribution in [0.2, 0.25) is 0 Å². The molecule has 0 atom stereocenters. The summed E-state index contributed by atoms with van der Waals surface area (Å²) in [5.41, 5.74) is 4.16. The van der Waals surface area contributed by atoms with E-state index in [1.165, 1.54) is 43.5 Å². The minimum atomic E-state index is -3.80. The largest absolute Gasteiger partial charge is 0.412 e. The number of anilines is 2. The van der Waals surface area contributed by atoms with Crippen LogP contribution in [-0.4, -0.2) is 46.4 Å². The molecule has 30 heavy (non-hydrogen) atoms. The van der Waals surface area contributed by atoms with Gasteiger partial charge in [-0.3, -0.25) is 10.2 Å². The van der Waals surface area contributed by atoms with Crippen molar-refractivity contribution in [2.75, 3.05) is 31.0 Å². The molecule has 3 rings (SSSR count). The Morgan fingerprint density at radius 3 is 2.60 bits per heavy atom. The number of hydrogen-bond donors (Lipinski definition) is 4. The number of nitrogens with zero attached hydrogens (tertiary/aromatic N) is 1. The molecule has 0 fully saturated rings. The van der Waals surface area contributed by atoms with Crippen molar-refractivity contribution in [2.45, 2.75) is 4.90 Å². The van der Waals surface area contributed by atoms with E-state index in [-0.39, 0.29) is 16.4 Å². The predicted molar refractivity (Wildman–Crippen MR) is 109 cm³/mol. The molecule has 11 nitrogen and oxygen atoms in total. The Bertz CT molecular complexity index is 1100. The Morgan fingerprint density at radius 1 is 1.20 bits per heavy atom. The van der Waals surface area contributed by atoms with Gasteiger partial charge in [-0.05, 0) is 42.5 Å². The molecule has 0 aliphatic carbocycles. The molecule has 2 amide bonds. The van der Waals surface area contributed by atoms with Crippen molar-refractivity contribution in [3.05, 3.63) is 48.0 Å². The quantitative estimate of drug-likeness (QED) is 0.371. The maximum atomic E-state index is 12.2. The first-order chi connectivity index (χ1) is 14.3. The molecular weight excluding hydrogens is 414 g/mol. The van der Waals surface area contributed by atoms with Crippen molar-refractivity contribution < 1.29 is 27.5 Å². The van der Waals surface area contributed by atoms with Crippen LogP contribution < -0.4 is 25.9 Å². The summed E-state index contributed by atoms with van der Waals surface area (Å²) < 4.78 is 32.6. The van der Waals surface area contributed by atoms with Crippen molar-refractivity contribution in [2.24, 2.45) is 10.2 Å². The summed E-state index contributed by atoms with van der Waals surface area (Å²) in [7, 11) is -2.29. The third kappa shape index (κ3) is 5.11. The zero-order valence-corrected chi connectivity index (χ0v) is 16.7. The maximum absolute atomic E-state index is 12.2. The van der Waals surface area contributed by atoms with E-state index in [4.69, 9.17) is 14.6 Å². The van der Waals surface area contributed by atoms with E-state index in [9.17, 15) is 18.0 Å². The lowest BCUT2D eigenvalue weighted by atomic mass is 10.1. The van der Waals surface area contributed by atoms with Gasteiger partial charge < -0.3 is 20.1 Å². The zero-order valence-electron chi connectivity index (χ0n) is 15.8. The third-order valence-electron chi connectivity index (χ3n) is 3.98. The predicted octanol–water partition coefficient (Wildman–Crippen LogP) is 0.837. The first kappa shape index (κ1) is 21.2. The van der Waals surface area contributed by atoms with E-state index < -0.39 is 22.0 Å². The Kier molecular flexibility index (Phi) is 6.30. The molecule has 1 aliphatic heterocycles. The van der Waals surface area contributed by atoms with E-state index in [0.717, 1.165) is 0 Å². The molecular formula is C18H19N5O6S. The average Bonchev–Trinajstić information content (AvgIpc) is 3.00. The standard InChI is InChI=1S/C18H19N5O6S/c1-28-9-8-20-18(25)29-12-4-7-15-14(10-12)16(17(24)21-15)23-22-11-2-5-13(6-3-11)30(19,26)27/h2-7,10,22H,8-9H2,1H3,(H,20,25)(H2,19,26,27)(H,21,23,24). The van der Waals surface area contributed by atoms with E-state index >= 15 is 0 Å². The van der Waals surface area contributed by atoms with Crippen molar-refractivity contribution >= 4 is 39.1 Å². The molecule has 12 heteroatoms. The van der Waals surface area contributed by atoms with Gasteiger partial charge in [-0.25, -0.2) is 18.4 Å². The lowest BCUT2D eigenvalue weighted by Crippen LogP contribution is -2.29. The topological polar surface area (TPSA) is 161 Å². The Morgan fingerprint density at radius 2 is 1.93 bits per heavy atom. The van der Waals surface area contributed by atoms with Crippen LogP contribution >= 0.6 is 0 Å². The number of fused-ring (bicyclic) bond motifs is 1. The monoisotopic (exact) mass is 433 g/mol. The fraction of sp³-hybridized carbons (Fsp3) is 0.167. The van der Waals surface area contributed by atoms with Crippen LogP contribution in [0.5, 0.6) is 5.75 Å². The number of nitrogens with one attached hydrogen (secondary N) is 3. The van der Waals surface area contributed by atoms with Gasteiger partial charge in [-0.1, -0.05) is 0 Å². The Balaban J connectivity index is 1.74. The van der Waals surface area contributed by atoms with Gasteiger partial charge in [0.25, 0.3) is 5.91 Å². The molecule has 158 valence electrons. The highest BCUT2D eigenvalue weighted by Gasteiger charge is 2.27. The lowest BCUT2D eigenvalue weighted by Gasteiger charge is -2.07. The number of carbonyl (C=O) groups is 2. The smallest absolute Gasteiger partial charge is 0.410 e. The molecule has 2 aromatic carbocycles. The number of amides is 2. The highest BCUT2D eigenvalue weighted by atomic mass is 32.2. The summed E-state index contributed by atoms with van der Waals surface area (Å²) in [5, 5.41) is 14.3. The number of methoxy groups -OCH3 is 1. The SMILES string of the molecule is COCCNC(=O)Oc1ccc2c(c1)C(=NNc1ccc(S(N)(=O)=O)cc1)C(=O)N2. The van der Waals surface area contributed by atoms with Crippen LogP contribution in [-0.2, 0) is 19.6 Å². The number of benzene rings is 2. The first-order valence-corrected chi connectivity index (χ1v) is 10.2. The number of primary sulfonamides is 1. The molecule has 0 saturated carbocycles. The number of hydrazone groups is 1. The minimum absolute atomic E-state index is 0.0461. The summed E-state index contributed by atoms with van der Waals surface area (Å²) in [5.74, 6) is -0.217. The van der Waals surface area contributed by atoms with Crippen LogP contribution in [0, 0.1) is 0 Å². The first-order valence-electron chi connectivity index (χ1n) is 8.65. The summed E-state index contributed by atoms with van der Waals surface area (Å²) in [6.07, 6.45) is -0.657. The van der Waals surface area contributed by atoms with E-state index in [2.05, 4.69) is 21.2 Å². The van der Waals surface area contributed by atoms with E-state index in [1.807, 2.05) is 0 Å². The van der Waals surface area contributed by atoms with Crippen LogP contribution in [0.1, 0.15) is 5.56 Å². The molecule has 5 N–H and O–H groups in total. The summed E-state index contributed by atoms with van der Waals surface area (Å²) in [4.78, 5) is 24.0. The number of sulfonamides is 1. The van der Waals surface area contributed by atoms with E-state index in [0.29, 0.717) is 30.1 Å². The normalized spacial score (nSPS) is 14.2. The molecule has 1 heterocycles. The van der Waals surface area contributed by atoms with Gasteiger partial charge in [0.05, 0.1) is 22.9 Å². The van der Waals surface area contributed by atoms with Gasteiger partial charge in [-0.2, -0.15) is 5.10 Å². The average molecular weight is 433 g/mol. The van der Waals surface area contributed by atoms with Crippen molar-refractivity contribution in [1.29, 1.82) is 0 Å². The van der Waals surface area contributed by atoms with Gasteiger partial charge in [0.2, 0.25) is 10.0 Å². The number of ether oxygens (including phenoxy) is 2. The Labute approximate surface area is 172 Å². The fourth-order valence-electron chi connectivity index (χ4n) is 2.54. The highest BCUT2D eigenvalue weighted by Crippen LogP contribution is 2.28. The lowest BCUT2D eigenvalue weighted by molar-refractivity contribution is -0.110. The van der Waals surface area contributed by atoms with E-state index in [1.54, 1.807) is 6.07 Å². The van der Waals surface area contributed by atoms with Gasteiger partial charge in [0, 0.05) is 19.2 Å². The zero-order chi connectivity index (χ0) is 21.7. The van der Waals surface area contributed by atoms with Crippen LogP contribution in [0.4, 0.5) is 16.2 Å². The van der Waals surface area contributed by atoms with Crippen molar-refractivity contribution in [3.8, 4) is 5.75 Å². The summed E-state index contributed by atoms with van der Waals surface area (Å²) in [6, 6.07) is 10.2. The number of rotatable bonds is 7. The Hall–Kier alpha value is -3.48. The van der Waals surface area contributed by atoms with Crippen molar-refractivity contribution in [3.63, 3.8) is 0 Å². The van der Waals surface area contributed by atoms with Crippen LogP contribution in [0.25, 0.3) is 0 Å². The van der Waals surface area contributed by atoms with Gasteiger partial charge >= 0.3 is 6.09 Å². The van der Waals surface area contributed by atoms with Crippen molar-refractivity contribution in [1.82, 2.24) is 5.32 Å². The van der Waals surface area contributed by atoms with Gasteiger partial charge in [0.15, 0.2) is 5.71 Å². The molecule has 0 saturated heterocycles. The molecule has 0 unspecified atom stereocenters. The molecule has 2 aromatic rings. The second kappa shape index (κ2) is 8.90. The second-order valence-electron chi connectivity index (χ2n) is 6.11. The second-order valence-corrected chi connectivity index (χ2v) is 7.67. The fourth-order valence-corrected chi connectivity index (χ4v) is 3.06. The molecule has 0 bridgehead atoms. The minimum Gasteiger partial charge on any atom is -0.410 e. The van der Waals surface area contributed by atoms with Crippen LogP contribution in [0.3, 0.4) is 0 Å². The number of carbonyl (C=O) groups excluding carboxylic acids is 2. The summed E-state index contributed by atoms with van der Waals surface area (Å²) >= 11 is 0. The highest BCUT2D eigenvalue weighted by molar-refractivity contribution is 7.89. The van der Waals surface area contributed by atoms with Gasteiger partial charge in [0.1, 0.15) is 5.75 Å². The summed E-state index contributed by atoms with van der Waals surface area (Å²) in [6.45, 7) is 0.638. The number of nitrogens with two attached hydrogens (primary N) is 1. The molecule has 0 radical (unpaired) electrons. The molecule has 1 aliphatic rings. The van der Waals surface area contributed by atoms with Crippen LogP contribution in [0.15, 0.2) is 52.5 Å².